The quantitative estimate of drug-likeness (QED) is 0.713. The zero-order valence-electron chi connectivity index (χ0n) is 7.61. The number of nitrogens with one attached hydrogen (secondary N) is 1. The fourth-order valence-electron chi connectivity index (χ4n) is 1.22. The van der Waals surface area contributed by atoms with E-state index >= 15 is 0 Å². The second kappa shape index (κ2) is 3.39. The second-order valence-corrected chi connectivity index (χ2v) is 3.14. The molecule has 78 valence electrons. The van der Waals surface area contributed by atoms with Gasteiger partial charge in [0.25, 0.3) is 6.01 Å². The third-order valence-electron chi connectivity index (χ3n) is 1.85. The van der Waals surface area contributed by atoms with Crippen LogP contribution in [0.15, 0.2) is 6.20 Å². The van der Waals surface area contributed by atoms with E-state index in [0.717, 1.165) is 0 Å². The van der Waals surface area contributed by atoms with Gasteiger partial charge in [-0.15, -0.1) is 0 Å². The van der Waals surface area contributed by atoms with Gasteiger partial charge >= 0.3 is 5.97 Å². The molecule has 0 aliphatic rings. The molecule has 0 unspecified atom stereocenters. The number of carbonyl (C=O) groups is 1. The van der Waals surface area contributed by atoms with E-state index < -0.39 is 5.97 Å². The summed E-state index contributed by atoms with van der Waals surface area (Å²) >= 11 is 5.79. The summed E-state index contributed by atoms with van der Waals surface area (Å²) in [6.45, 7) is 0. The van der Waals surface area contributed by atoms with Crippen molar-refractivity contribution in [3.63, 3.8) is 0 Å². The van der Waals surface area contributed by atoms with Crippen LogP contribution < -0.4 is 0 Å². The molecule has 0 saturated heterocycles. The first-order chi connectivity index (χ1) is 7.13. The molecule has 7 heteroatoms. The van der Waals surface area contributed by atoms with Gasteiger partial charge in [-0.2, -0.15) is 4.98 Å². The molecule has 0 atom stereocenters. The van der Waals surface area contributed by atoms with Crippen molar-refractivity contribution in [1.82, 2.24) is 15.0 Å². The first-order valence-electron chi connectivity index (χ1n) is 3.95. The molecule has 0 fully saturated rings. The lowest BCUT2D eigenvalue weighted by atomic mass is 10.2. The summed E-state index contributed by atoms with van der Waals surface area (Å²) in [5, 5.41) is 9.26. The van der Waals surface area contributed by atoms with Crippen molar-refractivity contribution in [2.45, 2.75) is 0 Å². The number of hydrogen-bond donors (Lipinski definition) is 2. The monoisotopic (exact) mass is 227 g/mol. The van der Waals surface area contributed by atoms with Crippen LogP contribution in [-0.4, -0.2) is 33.1 Å². The van der Waals surface area contributed by atoms with E-state index in [1.54, 1.807) is 0 Å². The number of aromatic amines is 1. The molecule has 2 aromatic rings. The van der Waals surface area contributed by atoms with Crippen LogP contribution in [0.4, 0.5) is 0 Å². The summed E-state index contributed by atoms with van der Waals surface area (Å²) in [6.07, 6.45) is 1.27. The van der Waals surface area contributed by atoms with Gasteiger partial charge < -0.3 is 14.8 Å². The maximum Gasteiger partial charge on any atom is 0.341 e. The Hall–Kier alpha value is -1.82. The Bertz CT molecular complexity index is 537. The van der Waals surface area contributed by atoms with Gasteiger partial charge in [0.05, 0.1) is 12.1 Å². The van der Waals surface area contributed by atoms with Gasteiger partial charge in [-0.25, -0.2) is 9.78 Å². The molecule has 15 heavy (non-hydrogen) atoms. The van der Waals surface area contributed by atoms with Crippen molar-refractivity contribution in [2.24, 2.45) is 0 Å². The van der Waals surface area contributed by atoms with Crippen molar-refractivity contribution >= 4 is 28.7 Å². The number of hydrogen-bond acceptors (Lipinski definition) is 5. The largest absolute Gasteiger partial charge is 0.480 e. The highest BCUT2D eigenvalue weighted by molar-refractivity contribution is 6.34. The Morgan fingerprint density at radius 3 is 3.07 bits per heavy atom. The fraction of sp³-hybridized carbons (Fsp3) is 0.125. The molecule has 0 spiro atoms. The molecule has 2 heterocycles. The van der Waals surface area contributed by atoms with Crippen LogP contribution in [0.3, 0.4) is 0 Å². The number of methoxy groups -OCH3 is 1. The summed E-state index contributed by atoms with van der Waals surface area (Å²) in [6, 6.07) is -0.329. The number of imidazole rings is 1. The third kappa shape index (κ3) is 1.48. The molecule has 0 bridgehead atoms. The third-order valence-corrected chi connectivity index (χ3v) is 2.14. The van der Waals surface area contributed by atoms with Gasteiger partial charge in [0.1, 0.15) is 11.1 Å². The Kier molecular flexibility index (Phi) is 2.20. The predicted molar refractivity (Wildman–Crippen MR) is 51.9 cm³/mol. The molecular weight excluding hydrogens is 222 g/mol. The standard InChI is InChI=1S/C8H6ClN3O3/c1-15-7(13)4-3(9)2-10-6-5(4)11-8(14)12-6/h2H,1H3,(H2,10,11,12,14). The number of rotatable bonds is 1. The Morgan fingerprint density at radius 2 is 2.40 bits per heavy atom. The number of fused-ring (bicyclic) bond motifs is 1. The van der Waals surface area contributed by atoms with E-state index in [2.05, 4.69) is 19.7 Å². The van der Waals surface area contributed by atoms with Gasteiger partial charge in [0.2, 0.25) is 0 Å². The molecule has 0 radical (unpaired) electrons. The van der Waals surface area contributed by atoms with Gasteiger partial charge in [-0.3, -0.25) is 0 Å². The number of ether oxygens (including phenoxy) is 1. The highest BCUT2D eigenvalue weighted by Crippen LogP contribution is 2.24. The first-order valence-corrected chi connectivity index (χ1v) is 4.32. The summed E-state index contributed by atoms with van der Waals surface area (Å²) in [4.78, 5) is 21.4. The molecule has 6 nitrogen and oxygen atoms in total. The van der Waals surface area contributed by atoms with Crippen LogP contribution >= 0.6 is 11.6 Å². The van der Waals surface area contributed by atoms with E-state index in [1.807, 2.05) is 0 Å². The average Bonchev–Trinajstić information content (AvgIpc) is 2.57. The van der Waals surface area contributed by atoms with E-state index in [-0.39, 0.29) is 27.8 Å². The second-order valence-electron chi connectivity index (χ2n) is 2.73. The van der Waals surface area contributed by atoms with Gasteiger partial charge in [-0.1, -0.05) is 11.6 Å². The van der Waals surface area contributed by atoms with E-state index in [9.17, 15) is 4.79 Å². The Labute approximate surface area is 88.9 Å². The minimum absolute atomic E-state index is 0.108. The molecule has 2 aromatic heterocycles. The zero-order chi connectivity index (χ0) is 11.0. The number of halogens is 1. The summed E-state index contributed by atoms with van der Waals surface area (Å²) in [5.74, 6) is -0.615. The van der Waals surface area contributed by atoms with Crippen LogP contribution in [0, 0.1) is 0 Å². The van der Waals surface area contributed by atoms with Gasteiger partial charge in [0, 0.05) is 6.20 Å². The molecular formula is C8H6ClN3O3. The topological polar surface area (TPSA) is 88.1 Å². The van der Waals surface area contributed by atoms with E-state index in [0.29, 0.717) is 0 Å². The van der Waals surface area contributed by atoms with Gasteiger partial charge in [-0.05, 0) is 0 Å². The summed E-state index contributed by atoms with van der Waals surface area (Å²) in [5.41, 5.74) is 0.570. The first kappa shape index (κ1) is 9.72. The SMILES string of the molecule is COC(=O)c1c(Cl)cnc2nc(O)[nH]c12. The van der Waals surface area contributed by atoms with Crippen molar-refractivity contribution in [3.8, 4) is 6.01 Å². The number of esters is 1. The Balaban J connectivity index is 2.78. The van der Waals surface area contributed by atoms with Crippen LogP contribution in [0.25, 0.3) is 11.2 Å². The summed E-state index contributed by atoms with van der Waals surface area (Å²) < 4.78 is 4.55. The van der Waals surface area contributed by atoms with Crippen LogP contribution in [0.2, 0.25) is 5.02 Å². The summed E-state index contributed by atoms with van der Waals surface area (Å²) in [7, 11) is 1.24. The normalized spacial score (nSPS) is 10.5. The minimum Gasteiger partial charge on any atom is -0.480 e. The van der Waals surface area contributed by atoms with Crippen LogP contribution in [0.1, 0.15) is 10.4 Å². The molecule has 0 aliphatic carbocycles. The maximum absolute atomic E-state index is 11.4. The lowest BCUT2D eigenvalue weighted by Gasteiger charge is -2.01. The molecule has 0 aliphatic heterocycles. The Morgan fingerprint density at radius 1 is 1.67 bits per heavy atom. The highest BCUT2D eigenvalue weighted by Gasteiger charge is 2.18. The predicted octanol–water partition coefficient (Wildman–Crippen LogP) is 1.10. The molecule has 2 N–H and O–H groups in total. The van der Waals surface area contributed by atoms with E-state index in [4.69, 9.17) is 16.7 Å². The number of pyridine rings is 1. The average molecular weight is 228 g/mol. The van der Waals surface area contributed by atoms with Crippen molar-refractivity contribution in [2.75, 3.05) is 7.11 Å². The molecule has 0 saturated carbocycles. The number of aromatic hydroxyl groups is 1. The number of H-pyrrole nitrogens is 1. The van der Waals surface area contributed by atoms with Crippen LogP contribution in [-0.2, 0) is 4.74 Å². The molecule has 2 rings (SSSR count). The van der Waals surface area contributed by atoms with Crippen molar-refractivity contribution in [3.05, 3.63) is 16.8 Å². The van der Waals surface area contributed by atoms with Gasteiger partial charge in [0.15, 0.2) is 5.65 Å². The number of aromatic nitrogens is 3. The lowest BCUT2D eigenvalue weighted by Crippen LogP contribution is -2.03. The number of nitrogens with zero attached hydrogens (tertiary/aromatic N) is 2. The molecule has 0 aromatic carbocycles. The highest BCUT2D eigenvalue weighted by atomic mass is 35.5. The number of carbonyl (C=O) groups excluding carboxylic acids is 1. The smallest absolute Gasteiger partial charge is 0.341 e. The zero-order valence-corrected chi connectivity index (χ0v) is 8.37. The minimum atomic E-state index is -0.615. The van der Waals surface area contributed by atoms with Crippen LogP contribution in [0.5, 0.6) is 6.01 Å². The lowest BCUT2D eigenvalue weighted by molar-refractivity contribution is 0.0603. The van der Waals surface area contributed by atoms with Crippen molar-refractivity contribution < 1.29 is 14.6 Å². The van der Waals surface area contributed by atoms with Crippen molar-refractivity contribution in [1.29, 1.82) is 0 Å². The maximum atomic E-state index is 11.4. The fourth-order valence-corrected chi connectivity index (χ4v) is 1.44. The molecule has 0 amide bonds. The van der Waals surface area contributed by atoms with E-state index in [1.165, 1.54) is 13.3 Å².